The summed E-state index contributed by atoms with van der Waals surface area (Å²) in [4.78, 5) is 39.4. The average Bonchev–Trinajstić information content (AvgIpc) is 2.96. The zero-order valence-corrected chi connectivity index (χ0v) is 18.9. The van der Waals surface area contributed by atoms with Gasteiger partial charge in [-0.25, -0.2) is 4.79 Å². The summed E-state index contributed by atoms with van der Waals surface area (Å²) < 4.78 is 0. The van der Waals surface area contributed by atoms with Crippen molar-refractivity contribution in [2.45, 2.75) is 58.5 Å². The Morgan fingerprint density at radius 3 is 2.16 bits per heavy atom. The van der Waals surface area contributed by atoms with Crippen LogP contribution < -0.4 is 10.6 Å². The molecule has 2 aromatic carbocycles. The molecule has 1 saturated heterocycles. The molecule has 1 aliphatic heterocycles. The molecule has 1 aliphatic rings. The molecule has 4 amide bonds. The predicted octanol–water partition coefficient (Wildman–Crippen LogP) is 4.15. The molecule has 2 atom stereocenters. The van der Waals surface area contributed by atoms with Gasteiger partial charge in [0.1, 0.15) is 12.1 Å². The molecule has 6 nitrogen and oxygen atoms in total. The van der Waals surface area contributed by atoms with Gasteiger partial charge < -0.3 is 10.6 Å². The van der Waals surface area contributed by atoms with Gasteiger partial charge in [-0.2, -0.15) is 0 Å². The van der Waals surface area contributed by atoms with Gasteiger partial charge in [0.15, 0.2) is 0 Å². The molecule has 2 N–H and O–H groups in total. The summed E-state index contributed by atoms with van der Waals surface area (Å²) in [5.41, 5.74) is 2.80. The number of carbonyl (C=O) groups excluding carboxylic acids is 3. The number of imide groups is 1. The predicted molar refractivity (Wildman–Crippen MR) is 120 cm³/mol. The van der Waals surface area contributed by atoms with Crippen LogP contribution in [-0.2, 0) is 15.1 Å². The standard InChI is InChI=1S/C25H31N3O3/c1-6-21(19-9-7-17(4)8-10-19)26-22(29)15-28-23(30)25(5,27-24(28)31)20-13-11-18(12-14-20)16(2)3/h7-14,16,21H,6,15H2,1-5H3,(H,26,29)(H,27,31)/t21-,25+/m1/s1. The van der Waals surface area contributed by atoms with Crippen molar-refractivity contribution in [3.05, 3.63) is 70.8 Å². The molecule has 0 saturated carbocycles. The van der Waals surface area contributed by atoms with Gasteiger partial charge in [-0.1, -0.05) is 74.9 Å². The summed E-state index contributed by atoms with van der Waals surface area (Å²) in [6, 6.07) is 14.9. The van der Waals surface area contributed by atoms with E-state index in [1.165, 1.54) is 0 Å². The molecule has 3 rings (SSSR count). The van der Waals surface area contributed by atoms with Crippen molar-refractivity contribution >= 4 is 17.8 Å². The largest absolute Gasteiger partial charge is 0.348 e. The van der Waals surface area contributed by atoms with Gasteiger partial charge >= 0.3 is 6.03 Å². The highest BCUT2D eigenvalue weighted by Gasteiger charge is 2.49. The van der Waals surface area contributed by atoms with Crippen molar-refractivity contribution in [3.63, 3.8) is 0 Å². The molecule has 0 bridgehead atoms. The minimum absolute atomic E-state index is 0.177. The van der Waals surface area contributed by atoms with Gasteiger partial charge in [0.05, 0.1) is 6.04 Å². The van der Waals surface area contributed by atoms with Gasteiger partial charge in [-0.05, 0) is 42.9 Å². The molecule has 164 valence electrons. The summed E-state index contributed by atoms with van der Waals surface area (Å²) in [6.07, 6.45) is 0.703. The van der Waals surface area contributed by atoms with E-state index in [1.807, 2.05) is 62.4 Å². The Labute approximate surface area is 184 Å². The van der Waals surface area contributed by atoms with Crippen LogP contribution in [0.2, 0.25) is 0 Å². The SMILES string of the molecule is CC[C@@H](NC(=O)CN1C(=O)N[C@@](C)(c2ccc(C(C)C)cc2)C1=O)c1ccc(C)cc1. The van der Waals surface area contributed by atoms with Gasteiger partial charge in [0.25, 0.3) is 5.91 Å². The number of hydrogen-bond donors (Lipinski definition) is 2. The molecule has 0 unspecified atom stereocenters. The van der Waals surface area contributed by atoms with E-state index in [1.54, 1.807) is 6.92 Å². The lowest BCUT2D eigenvalue weighted by Crippen LogP contribution is -2.43. The maximum absolute atomic E-state index is 13.1. The van der Waals surface area contributed by atoms with Crippen LogP contribution in [0.25, 0.3) is 0 Å². The molecule has 0 radical (unpaired) electrons. The fourth-order valence-electron chi connectivity index (χ4n) is 3.84. The maximum atomic E-state index is 13.1. The highest BCUT2D eigenvalue weighted by atomic mass is 16.2. The van der Waals surface area contributed by atoms with Gasteiger partial charge in [-0.15, -0.1) is 0 Å². The van der Waals surface area contributed by atoms with Gasteiger partial charge in [0, 0.05) is 0 Å². The van der Waals surface area contributed by atoms with E-state index >= 15 is 0 Å². The van der Waals surface area contributed by atoms with E-state index in [4.69, 9.17) is 0 Å². The average molecular weight is 422 g/mol. The number of benzene rings is 2. The van der Waals surface area contributed by atoms with Crippen LogP contribution in [0.4, 0.5) is 4.79 Å². The number of amides is 4. The Balaban J connectivity index is 1.71. The molecular weight excluding hydrogens is 390 g/mol. The fraction of sp³-hybridized carbons (Fsp3) is 0.400. The van der Waals surface area contributed by atoms with E-state index in [9.17, 15) is 14.4 Å². The molecule has 31 heavy (non-hydrogen) atoms. The maximum Gasteiger partial charge on any atom is 0.325 e. The number of hydrogen-bond acceptors (Lipinski definition) is 3. The molecule has 0 aliphatic carbocycles. The first-order valence-electron chi connectivity index (χ1n) is 10.8. The zero-order chi connectivity index (χ0) is 22.8. The Kier molecular flexibility index (Phi) is 6.48. The summed E-state index contributed by atoms with van der Waals surface area (Å²) in [6.45, 7) is 9.55. The van der Waals surface area contributed by atoms with Crippen molar-refractivity contribution in [2.24, 2.45) is 0 Å². The third-order valence-corrected chi connectivity index (χ3v) is 5.95. The van der Waals surface area contributed by atoms with Crippen molar-refractivity contribution < 1.29 is 14.4 Å². The smallest absolute Gasteiger partial charge is 0.325 e. The number of aryl methyl sites for hydroxylation is 1. The molecule has 2 aromatic rings. The Bertz CT molecular complexity index is 967. The highest BCUT2D eigenvalue weighted by Crippen LogP contribution is 2.30. The van der Waals surface area contributed by atoms with E-state index in [0.717, 1.165) is 21.6 Å². The first-order valence-corrected chi connectivity index (χ1v) is 10.8. The second kappa shape index (κ2) is 8.92. The fourth-order valence-corrected chi connectivity index (χ4v) is 3.84. The van der Waals surface area contributed by atoms with Crippen LogP contribution in [0.15, 0.2) is 48.5 Å². The van der Waals surface area contributed by atoms with Gasteiger partial charge in [-0.3, -0.25) is 14.5 Å². The molecule has 0 aromatic heterocycles. The topological polar surface area (TPSA) is 78.5 Å². The second-order valence-corrected chi connectivity index (χ2v) is 8.66. The van der Waals surface area contributed by atoms with Crippen LogP contribution in [0.1, 0.15) is 68.3 Å². The van der Waals surface area contributed by atoms with Crippen LogP contribution in [0.3, 0.4) is 0 Å². The molecule has 6 heteroatoms. The normalized spacial score (nSPS) is 19.5. The lowest BCUT2D eigenvalue weighted by Gasteiger charge is -2.23. The van der Waals surface area contributed by atoms with Crippen molar-refractivity contribution in [3.8, 4) is 0 Å². The van der Waals surface area contributed by atoms with Crippen LogP contribution in [0, 0.1) is 6.92 Å². The van der Waals surface area contributed by atoms with E-state index in [0.29, 0.717) is 17.9 Å². The lowest BCUT2D eigenvalue weighted by atomic mass is 9.90. The van der Waals surface area contributed by atoms with Gasteiger partial charge in [0.2, 0.25) is 5.91 Å². The van der Waals surface area contributed by atoms with Crippen molar-refractivity contribution in [1.29, 1.82) is 0 Å². The molecule has 0 spiro atoms. The monoisotopic (exact) mass is 421 g/mol. The third kappa shape index (κ3) is 4.63. The lowest BCUT2D eigenvalue weighted by molar-refractivity contribution is -0.135. The van der Waals surface area contributed by atoms with Crippen LogP contribution >= 0.6 is 0 Å². The molecular formula is C25H31N3O3. The van der Waals surface area contributed by atoms with Crippen molar-refractivity contribution in [2.75, 3.05) is 6.54 Å². The molecule has 1 fully saturated rings. The Hall–Kier alpha value is -3.15. The molecule has 1 heterocycles. The van der Waals surface area contributed by atoms with Crippen LogP contribution in [-0.4, -0.2) is 29.3 Å². The third-order valence-electron chi connectivity index (χ3n) is 5.95. The number of nitrogens with zero attached hydrogens (tertiary/aromatic N) is 1. The first kappa shape index (κ1) is 22.5. The second-order valence-electron chi connectivity index (χ2n) is 8.66. The van der Waals surface area contributed by atoms with E-state index in [2.05, 4.69) is 24.5 Å². The summed E-state index contributed by atoms with van der Waals surface area (Å²) in [7, 11) is 0. The number of urea groups is 1. The van der Waals surface area contributed by atoms with E-state index < -0.39 is 17.5 Å². The Morgan fingerprint density at radius 1 is 1.03 bits per heavy atom. The number of nitrogens with one attached hydrogen (secondary N) is 2. The Morgan fingerprint density at radius 2 is 1.61 bits per heavy atom. The first-order chi connectivity index (χ1) is 14.7. The minimum Gasteiger partial charge on any atom is -0.348 e. The van der Waals surface area contributed by atoms with Crippen molar-refractivity contribution in [1.82, 2.24) is 15.5 Å². The summed E-state index contributed by atoms with van der Waals surface area (Å²) in [5.74, 6) is -0.417. The highest BCUT2D eigenvalue weighted by molar-refractivity contribution is 6.09. The minimum atomic E-state index is -1.19. The van der Waals surface area contributed by atoms with E-state index in [-0.39, 0.29) is 18.5 Å². The summed E-state index contributed by atoms with van der Waals surface area (Å²) >= 11 is 0. The summed E-state index contributed by atoms with van der Waals surface area (Å²) in [5, 5.41) is 5.71. The quantitative estimate of drug-likeness (QED) is 0.659. The van der Waals surface area contributed by atoms with Crippen LogP contribution in [0.5, 0.6) is 0 Å². The number of carbonyl (C=O) groups is 3. The zero-order valence-electron chi connectivity index (χ0n) is 18.9. The number of rotatable bonds is 7.